The summed E-state index contributed by atoms with van der Waals surface area (Å²) in [6.45, 7) is 5.36. The molecule has 6 heteroatoms. The zero-order valence-corrected chi connectivity index (χ0v) is 12.5. The number of hydrogen-bond donors (Lipinski definition) is 1. The second-order valence-corrected chi connectivity index (χ2v) is 5.35. The van der Waals surface area contributed by atoms with Gasteiger partial charge >= 0.3 is 0 Å². The first kappa shape index (κ1) is 16.2. The third kappa shape index (κ3) is 3.60. The first-order valence-electron chi connectivity index (χ1n) is 6.88. The molecule has 2 rings (SSSR count). The standard InChI is InChI=1S/C13H23N3O2.ClH/c1-3-6-16(11-4-5-14-8-11)13(18)10-7-12(17)15(2)9-10;/h10-11,14H,3-9H2,1-2H3;1H. The van der Waals surface area contributed by atoms with Crippen LogP contribution in [-0.2, 0) is 9.59 Å². The number of halogens is 1. The van der Waals surface area contributed by atoms with Crippen molar-refractivity contribution in [3.63, 3.8) is 0 Å². The molecule has 0 spiro atoms. The molecule has 2 amide bonds. The summed E-state index contributed by atoms with van der Waals surface area (Å²) in [6, 6.07) is 0.318. The fourth-order valence-corrected chi connectivity index (χ4v) is 2.88. The molecule has 0 saturated carbocycles. The maximum atomic E-state index is 12.5. The Labute approximate surface area is 121 Å². The summed E-state index contributed by atoms with van der Waals surface area (Å²) in [6.07, 6.45) is 2.39. The highest BCUT2D eigenvalue weighted by atomic mass is 35.5. The predicted molar refractivity (Wildman–Crippen MR) is 76.3 cm³/mol. The first-order valence-corrected chi connectivity index (χ1v) is 6.88. The van der Waals surface area contributed by atoms with Gasteiger partial charge in [-0.2, -0.15) is 0 Å². The van der Waals surface area contributed by atoms with E-state index in [2.05, 4.69) is 12.2 Å². The minimum atomic E-state index is -0.130. The Morgan fingerprint density at radius 1 is 1.53 bits per heavy atom. The quantitative estimate of drug-likeness (QED) is 0.819. The van der Waals surface area contributed by atoms with Crippen LogP contribution in [0.15, 0.2) is 0 Å². The van der Waals surface area contributed by atoms with Crippen molar-refractivity contribution in [1.29, 1.82) is 0 Å². The van der Waals surface area contributed by atoms with Gasteiger partial charge in [-0.15, -0.1) is 12.4 Å². The molecule has 0 aromatic rings. The van der Waals surface area contributed by atoms with Gasteiger partial charge in [-0.25, -0.2) is 0 Å². The fourth-order valence-electron chi connectivity index (χ4n) is 2.88. The highest BCUT2D eigenvalue weighted by Gasteiger charge is 2.37. The van der Waals surface area contributed by atoms with Crippen molar-refractivity contribution in [2.45, 2.75) is 32.2 Å². The second kappa shape index (κ2) is 7.10. The number of likely N-dealkylation sites (tertiary alicyclic amines) is 1. The summed E-state index contributed by atoms with van der Waals surface area (Å²) in [4.78, 5) is 27.7. The lowest BCUT2D eigenvalue weighted by Crippen LogP contribution is -2.45. The zero-order valence-electron chi connectivity index (χ0n) is 11.7. The monoisotopic (exact) mass is 289 g/mol. The molecule has 2 fully saturated rings. The number of carbonyl (C=O) groups is 2. The van der Waals surface area contributed by atoms with Crippen LogP contribution >= 0.6 is 12.4 Å². The van der Waals surface area contributed by atoms with Crippen molar-refractivity contribution in [1.82, 2.24) is 15.1 Å². The van der Waals surface area contributed by atoms with Gasteiger partial charge in [0.05, 0.1) is 5.92 Å². The Bertz CT molecular complexity index is 332. The van der Waals surface area contributed by atoms with E-state index in [1.165, 1.54) is 0 Å². The van der Waals surface area contributed by atoms with E-state index in [-0.39, 0.29) is 30.1 Å². The van der Waals surface area contributed by atoms with Gasteiger partial charge in [0.2, 0.25) is 11.8 Å². The van der Waals surface area contributed by atoms with Crippen LogP contribution in [0.5, 0.6) is 0 Å². The molecule has 2 heterocycles. The number of hydrogen-bond acceptors (Lipinski definition) is 3. The lowest BCUT2D eigenvalue weighted by atomic mass is 10.0. The van der Waals surface area contributed by atoms with Crippen molar-refractivity contribution in [3.8, 4) is 0 Å². The van der Waals surface area contributed by atoms with Gasteiger partial charge in [0, 0.05) is 39.1 Å². The number of rotatable bonds is 4. The van der Waals surface area contributed by atoms with Crippen LogP contribution in [0, 0.1) is 5.92 Å². The molecule has 0 aromatic heterocycles. The maximum absolute atomic E-state index is 12.5. The van der Waals surface area contributed by atoms with Gasteiger partial charge in [-0.05, 0) is 19.4 Å². The van der Waals surface area contributed by atoms with Gasteiger partial charge in [0.25, 0.3) is 0 Å². The molecule has 2 saturated heterocycles. The second-order valence-electron chi connectivity index (χ2n) is 5.35. The summed E-state index contributed by atoms with van der Waals surface area (Å²) in [7, 11) is 1.77. The van der Waals surface area contributed by atoms with E-state index >= 15 is 0 Å². The summed E-state index contributed by atoms with van der Waals surface area (Å²) in [5.41, 5.74) is 0. The number of nitrogens with zero attached hydrogens (tertiary/aromatic N) is 2. The molecule has 0 radical (unpaired) electrons. The average Bonchev–Trinajstić information content (AvgIpc) is 2.97. The number of carbonyl (C=O) groups excluding carboxylic acids is 2. The van der Waals surface area contributed by atoms with E-state index in [1.54, 1.807) is 11.9 Å². The summed E-state index contributed by atoms with van der Waals surface area (Å²) in [5.74, 6) is 0.132. The molecule has 0 bridgehead atoms. The van der Waals surface area contributed by atoms with Crippen LogP contribution < -0.4 is 5.32 Å². The molecule has 2 aliphatic heterocycles. The summed E-state index contributed by atoms with van der Waals surface area (Å²) < 4.78 is 0. The van der Waals surface area contributed by atoms with E-state index in [9.17, 15) is 9.59 Å². The summed E-state index contributed by atoms with van der Waals surface area (Å²) in [5, 5.41) is 3.30. The lowest BCUT2D eigenvalue weighted by molar-refractivity contribution is -0.137. The van der Waals surface area contributed by atoms with Crippen molar-refractivity contribution in [3.05, 3.63) is 0 Å². The Morgan fingerprint density at radius 3 is 2.74 bits per heavy atom. The van der Waals surface area contributed by atoms with Crippen molar-refractivity contribution in [2.24, 2.45) is 5.92 Å². The Balaban J connectivity index is 0.00000180. The van der Waals surface area contributed by atoms with E-state index < -0.39 is 0 Å². The lowest BCUT2D eigenvalue weighted by Gasteiger charge is -2.30. The summed E-state index contributed by atoms with van der Waals surface area (Å²) >= 11 is 0. The van der Waals surface area contributed by atoms with Crippen LogP contribution in [0.3, 0.4) is 0 Å². The maximum Gasteiger partial charge on any atom is 0.228 e. The molecule has 2 aliphatic rings. The third-order valence-corrected chi connectivity index (χ3v) is 3.91. The fraction of sp³-hybridized carbons (Fsp3) is 0.846. The van der Waals surface area contributed by atoms with Crippen LogP contribution in [0.1, 0.15) is 26.2 Å². The minimum absolute atomic E-state index is 0. The van der Waals surface area contributed by atoms with Crippen molar-refractivity contribution < 1.29 is 9.59 Å². The molecule has 2 unspecified atom stereocenters. The molecule has 5 nitrogen and oxygen atoms in total. The van der Waals surface area contributed by atoms with Gasteiger partial charge in [0.1, 0.15) is 0 Å². The number of nitrogens with one attached hydrogen (secondary N) is 1. The van der Waals surface area contributed by atoms with Crippen LogP contribution in [0.2, 0.25) is 0 Å². The smallest absolute Gasteiger partial charge is 0.228 e. The third-order valence-electron chi connectivity index (χ3n) is 3.91. The topological polar surface area (TPSA) is 52.7 Å². The molecule has 19 heavy (non-hydrogen) atoms. The average molecular weight is 290 g/mol. The van der Waals surface area contributed by atoms with Gasteiger partial charge < -0.3 is 15.1 Å². The van der Waals surface area contributed by atoms with Gasteiger partial charge in [0.15, 0.2) is 0 Å². The minimum Gasteiger partial charge on any atom is -0.345 e. The molecule has 2 atom stereocenters. The highest BCUT2D eigenvalue weighted by molar-refractivity contribution is 5.89. The number of amides is 2. The molecule has 0 aliphatic carbocycles. The zero-order chi connectivity index (χ0) is 13.1. The Kier molecular flexibility index (Phi) is 6.07. The van der Waals surface area contributed by atoms with Gasteiger partial charge in [-0.3, -0.25) is 9.59 Å². The molecular weight excluding hydrogens is 266 g/mol. The SMILES string of the molecule is CCCN(C(=O)C1CC(=O)N(C)C1)C1CCNC1.Cl. The Morgan fingerprint density at radius 2 is 2.26 bits per heavy atom. The molecule has 0 aromatic carbocycles. The molecular formula is C13H24ClN3O2. The van der Waals surface area contributed by atoms with E-state index in [0.29, 0.717) is 19.0 Å². The van der Waals surface area contributed by atoms with Crippen molar-refractivity contribution >= 4 is 24.2 Å². The van der Waals surface area contributed by atoms with Crippen LogP contribution in [-0.4, -0.2) is 60.9 Å². The Hall–Kier alpha value is -0.810. The largest absolute Gasteiger partial charge is 0.345 e. The first-order chi connectivity index (χ1) is 8.63. The van der Waals surface area contributed by atoms with E-state index in [0.717, 1.165) is 32.5 Å². The van der Waals surface area contributed by atoms with Crippen molar-refractivity contribution in [2.75, 3.05) is 33.2 Å². The van der Waals surface area contributed by atoms with Crippen LogP contribution in [0.4, 0.5) is 0 Å². The molecule has 110 valence electrons. The highest BCUT2D eigenvalue weighted by Crippen LogP contribution is 2.21. The van der Waals surface area contributed by atoms with Crippen LogP contribution in [0.25, 0.3) is 0 Å². The van der Waals surface area contributed by atoms with E-state index in [4.69, 9.17) is 0 Å². The predicted octanol–water partition coefficient (Wildman–Crippen LogP) is 0.487. The van der Waals surface area contributed by atoms with Gasteiger partial charge in [-0.1, -0.05) is 6.92 Å². The molecule has 1 N–H and O–H groups in total. The van der Waals surface area contributed by atoms with E-state index in [1.807, 2.05) is 4.90 Å². The normalized spacial score (nSPS) is 26.4.